The third kappa shape index (κ3) is 8.05. The van der Waals surface area contributed by atoms with Gasteiger partial charge in [-0.15, -0.1) is 0 Å². The van der Waals surface area contributed by atoms with Gasteiger partial charge in [0.1, 0.15) is 12.6 Å². The summed E-state index contributed by atoms with van der Waals surface area (Å²) in [6, 6.07) is 14.8. The van der Waals surface area contributed by atoms with E-state index in [2.05, 4.69) is 5.32 Å². The van der Waals surface area contributed by atoms with Gasteiger partial charge in [0.15, 0.2) is 0 Å². The molecule has 0 spiro atoms. The van der Waals surface area contributed by atoms with E-state index >= 15 is 0 Å². The molecule has 236 valence electrons. The fourth-order valence-corrected chi connectivity index (χ4v) is 7.03. The van der Waals surface area contributed by atoms with E-state index in [1.807, 2.05) is 0 Å². The van der Waals surface area contributed by atoms with Gasteiger partial charge >= 0.3 is 6.18 Å². The molecule has 0 saturated heterocycles. The molecule has 0 bridgehead atoms. The van der Waals surface area contributed by atoms with Crippen molar-refractivity contribution in [3.8, 4) is 0 Å². The lowest BCUT2D eigenvalue weighted by Crippen LogP contribution is -2.53. The van der Waals surface area contributed by atoms with E-state index in [1.165, 1.54) is 29.2 Å². The summed E-state index contributed by atoms with van der Waals surface area (Å²) in [5.74, 6) is -1.20. The second-order valence-electron chi connectivity index (χ2n) is 10.6. The fraction of sp³-hybridized carbons (Fsp3) is 0.355. The van der Waals surface area contributed by atoms with Gasteiger partial charge in [0.25, 0.3) is 10.0 Å². The Morgan fingerprint density at radius 2 is 1.61 bits per heavy atom. The van der Waals surface area contributed by atoms with Gasteiger partial charge in [0.05, 0.1) is 21.2 Å². The molecule has 0 aromatic heterocycles. The highest BCUT2D eigenvalue weighted by Gasteiger charge is 2.37. The van der Waals surface area contributed by atoms with E-state index in [9.17, 15) is 31.2 Å². The minimum absolute atomic E-state index is 0.0390. The number of carbonyl (C=O) groups is 2. The number of rotatable bonds is 11. The maximum absolute atomic E-state index is 14.2. The zero-order valence-corrected chi connectivity index (χ0v) is 26.2. The molecular weight excluding hydrogens is 638 g/mol. The Hall–Kier alpha value is -3.28. The molecule has 0 heterocycles. The molecule has 2 amide bonds. The smallest absolute Gasteiger partial charge is 0.352 e. The first-order valence-electron chi connectivity index (χ1n) is 14.1. The number of carbonyl (C=O) groups excluding carboxylic acids is 2. The van der Waals surface area contributed by atoms with Gasteiger partial charge in [0, 0.05) is 17.6 Å². The number of benzene rings is 3. The number of amides is 2. The summed E-state index contributed by atoms with van der Waals surface area (Å²) in [6.45, 7) is 0.727. The topological polar surface area (TPSA) is 86.8 Å². The van der Waals surface area contributed by atoms with E-state index in [-0.39, 0.29) is 28.9 Å². The molecule has 3 aromatic rings. The van der Waals surface area contributed by atoms with Gasteiger partial charge in [-0.05, 0) is 67.3 Å². The minimum atomic E-state index is -4.81. The predicted octanol–water partition coefficient (Wildman–Crippen LogP) is 7.07. The van der Waals surface area contributed by atoms with Crippen LogP contribution in [0, 0.1) is 0 Å². The van der Waals surface area contributed by atoms with Crippen molar-refractivity contribution >= 4 is 50.7 Å². The first-order valence-corrected chi connectivity index (χ1v) is 16.3. The summed E-state index contributed by atoms with van der Waals surface area (Å²) >= 11 is 12.3. The Morgan fingerprint density at radius 3 is 2.20 bits per heavy atom. The van der Waals surface area contributed by atoms with Crippen molar-refractivity contribution < 1.29 is 31.2 Å². The molecule has 1 fully saturated rings. The summed E-state index contributed by atoms with van der Waals surface area (Å²) < 4.78 is 69.6. The van der Waals surface area contributed by atoms with Gasteiger partial charge in [-0.1, -0.05) is 73.3 Å². The van der Waals surface area contributed by atoms with E-state index < -0.39 is 51.9 Å². The van der Waals surface area contributed by atoms with Crippen molar-refractivity contribution in [2.75, 3.05) is 10.8 Å². The largest absolute Gasteiger partial charge is 0.416 e. The van der Waals surface area contributed by atoms with Crippen LogP contribution in [0.4, 0.5) is 18.9 Å². The third-order valence-corrected chi connectivity index (χ3v) is 9.85. The number of hydrogen-bond acceptors (Lipinski definition) is 4. The summed E-state index contributed by atoms with van der Waals surface area (Å²) in [5, 5.41) is 3.15. The van der Waals surface area contributed by atoms with Crippen LogP contribution in [0.2, 0.25) is 10.0 Å². The quantitative estimate of drug-likeness (QED) is 0.237. The summed E-state index contributed by atoms with van der Waals surface area (Å²) in [4.78, 5) is 28.7. The van der Waals surface area contributed by atoms with Gasteiger partial charge in [-0.2, -0.15) is 13.2 Å². The van der Waals surface area contributed by atoms with Crippen LogP contribution in [-0.2, 0) is 32.3 Å². The maximum Gasteiger partial charge on any atom is 0.416 e. The number of alkyl halides is 3. The summed E-state index contributed by atoms with van der Waals surface area (Å²) in [7, 11) is -4.60. The lowest BCUT2D eigenvalue weighted by atomic mass is 10.1. The van der Waals surface area contributed by atoms with Crippen molar-refractivity contribution in [1.82, 2.24) is 10.2 Å². The Balaban J connectivity index is 1.78. The van der Waals surface area contributed by atoms with Crippen LogP contribution < -0.4 is 9.62 Å². The number of halogens is 5. The van der Waals surface area contributed by atoms with Crippen molar-refractivity contribution in [1.29, 1.82) is 0 Å². The Labute approximate surface area is 265 Å². The number of hydrogen-bond donors (Lipinski definition) is 1. The molecule has 1 aliphatic rings. The molecule has 1 aliphatic carbocycles. The lowest BCUT2D eigenvalue weighted by Gasteiger charge is -2.34. The first-order chi connectivity index (χ1) is 20.8. The van der Waals surface area contributed by atoms with Gasteiger partial charge < -0.3 is 10.2 Å². The SMILES string of the molecule is CC[C@@H](C(=O)NC1CCCC1)N(Cc1ccc(Cl)cc1)C(=O)CN(c1cc(C(F)(F)F)ccc1Cl)S(=O)(=O)c1ccccc1. The predicted molar refractivity (Wildman–Crippen MR) is 164 cm³/mol. The highest BCUT2D eigenvalue weighted by molar-refractivity contribution is 7.92. The zero-order valence-electron chi connectivity index (χ0n) is 23.9. The average molecular weight is 671 g/mol. The monoisotopic (exact) mass is 669 g/mol. The summed E-state index contributed by atoms with van der Waals surface area (Å²) in [6.07, 6.45) is -1.04. The van der Waals surface area contributed by atoms with E-state index in [0.29, 0.717) is 21.0 Å². The highest BCUT2D eigenvalue weighted by Crippen LogP contribution is 2.37. The highest BCUT2D eigenvalue weighted by atomic mass is 35.5. The molecule has 4 rings (SSSR count). The van der Waals surface area contributed by atoms with Crippen LogP contribution in [0.1, 0.15) is 50.2 Å². The fourth-order valence-electron chi connectivity index (χ4n) is 5.19. The van der Waals surface area contributed by atoms with Crippen molar-refractivity contribution in [3.63, 3.8) is 0 Å². The van der Waals surface area contributed by atoms with Gasteiger partial charge in [-0.3, -0.25) is 13.9 Å². The molecule has 7 nitrogen and oxygen atoms in total. The minimum Gasteiger partial charge on any atom is -0.352 e. The number of nitrogens with one attached hydrogen (secondary N) is 1. The maximum atomic E-state index is 14.2. The molecule has 13 heteroatoms. The molecule has 1 N–H and O–H groups in total. The second kappa shape index (κ2) is 14.2. The number of anilines is 1. The molecule has 0 unspecified atom stereocenters. The molecule has 0 radical (unpaired) electrons. The number of sulfonamides is 1. The van der Waals surface area contributed by atoms with Gasteiger partial charge in [-0.25, -0.2) is 8.42 Å². The standard InChI is InChI=1S/C31H32Cl2F3N3O4S/c1-2-27(30(41)37-24-8-6-7-9-24)38(19-21-12-15-23(32)16-13-21)29(40)20-39(44(42,43)25-10-4-3-5-11-25)28-18-22(31(34,35)36)14-17-26(28)33/h3-5,10-18,24,27H,2,6-9,19-20H2,1H3,(H,37,41)/t27-/m0/s1. The van der Waals surface area contributed by atoms with Crippen LogP contribution in [-0.4, -0.2) is 43.8 Å². The van der Waals surface area contributed by atoms with E-state index in [0.717, 1.165) is 37.8 Å². The molecular formula is C31H32Cl2F3N3O4S. The third-order valence-electron chi connectivity index (χ3n) is 7.51. The molecule has 44 heavy (non-hydrogen) atoms. The number of nitrogens with zero attached hydrogens (tertiary/aromatic N) is 2. The van der Waals surface area contributed by atoms with E-state index in [1.54, 1.807) is 37.3 Å². The first kappa shape index (κ1) is 33.6. The molecule has 1 atom stereocenters. The van der Waals surface area contributed by atoms with Crippen LogP contribution in [0.5, 0.6) is 0 Å². The van der Waals surface area contributed by atoms with Crippen LogP contribution in [0.25, 0.3) is 0 Å². The van der Waals surface area contributed by atoms with Crippen LogP contribution >= 0.6 is 23.2 Å². The second-order valence-corrected chi connectivity index (χ2v) is 13.3. The lowest BCUT2D eigenvalue weighted by molar-refractivity contribution is -0.140. The average Bonchev–Trinajstić information content (AvgIpc) is 3.50. The Bertz CT molecular complexity index is 1570. The van der Waals surface area contributed by atoms with Crippen molar-refractivity contribution in [3.05, 3.63) is 94.0 Å². The normalized spacial score (nSPS) is 14.7. The molecule has 3 aromatic carbocycles. The summed E-state index contributed by atoms with van der Waals surface area (Å²) in [5.41, 5.74) is -1.05. The van der Waals surface area contributed by atoms with E-state index in [4.69, 9.17) is 23.2 Å². The van der Waals surface area contributed by atoms with Crippen LogP contribution in [0.15, 0.2) is 77.7 Å². The Morgan fingerprint density at radius 1 is 0.977 bits per heavy atom. The zero-order chi connectivity index (χ0) is 32.1. The van der Waals surface area contributed by atoms with Crippen molar-refractivity contribution in [2.24, 2.45) is 0 Å². The van der Waals surface area contributed by atoms with Crippen molar-refractivity contribution in [2.45, 2.75) is 68.7 Å². The molecule has 1 saturated carbocycles. The Kier molecular flexibility index (Phi) is 10.9. The van der Waals surface area contributed by atoms with Crippen LogP contribution in [0.3, 0.4) is 0 Å². The molecule has 0 aliphatic heterocycles. The van der Waals surface area contributed by atoms with Gasteiger partial charge in [0.2, 0.25) is 11.8 Å².